The van der Waals surface area contributed by atoms with E-state index in [0.717, 1.165) is 27.9 Å². The molecule has 3 rings (SSSR count). The first kappa shape index (κ1) is 14.8. The first-order valence-corrected chi connectivity index (χ1v) is 7.44. The topological polar surface area (TPSA) is 62.7 Å². The fraction of sp³-hybridized carbons (Fsp3) is 0.100. The Bertz CT molecular complexity index is 903. The fourth-order valence-corrected chi connectivity index (χ4v) is 2.64. The molecule has 3 aromatic rings. The molecule has 0 atom stereocenters. The van der Waals surface area contributed by atoms with Crippen molar-refractivity contribution < 1.29 is 0 Å². The summed E-state index contributed by atoms with van der Waals surface area (Å²) in [5, 5.41) is 9.48. The number of nitriles is 1. The Morgan fingerprint density at radius 3 is 2.30 bits per heavy atom. The first-order valence-electron chi connectivity index (χ1n) is 7.44. The van der Waals surface area contributed by atoms with Crippen LogP contribution in [0, 0.1) is 25.2 Å². The summed E-state index contributed by atoms with van der Waals surface area (Å²) in [6, 6.07) is 20.2. The zero-order valence-corrected chi connectivity index (χ0v) is 13.2. The molecular weight excluding hydrogens is 282 g/mol. The zero-order chi connectivity index (χ0) is 16.4. The molecule has 0 aliphatic heterocycles. The van der Waals surface area contributed by atoms with Crippen LogP contribution in [0.2, 0.25) is 0 Å². The maximum Gasteiger partial charge on any atom is 0.142 e. The maximum atomic E-state index is 9.48. The Morgan fingerprint density at radius 1 is 0.957 bits per heavy atom. The van der Waals surface area contributed by atoms with Crippen molar-refractivity contribution in [2.45, 2.75) is 13.8 Å². The molecule has 0 unspecified atom stereocenters. The van der Waals surface area contributed by atoms with Gasteiger partial charge in [0.25, 0.3) is 0 Å². The van der Waals surface area contributed by atoms with Gasteiger partial charge in [0.1, 0.15) is 17.5 Å². The Labute approximate surface area is 136 Å². The highest BCUT2D eigenvalue weighted by molar-refractivity contribution is 5.81. The van der Waals surface area contributed by atoms with Crippen molar-refractivity contribution in [3.8, 4) is 28.5 Å². The number of aryl methyl sites for hydroxylation is 2. The normalized spacial score (nSPS) is 10.3. The van der Waals surface area contributed by atoms with Crippen molar-refractivity contribution in [2.75, 3.05) is 5.73 Å². The van der Waals surface area contributed by atoms with Gasteiger partial charge in [-0.2, -0.15) is 5.26 Å². The molecule has 1 aromatic heterocycles. The second-order valence-electron chi connectivity index (χ2n) is 5.61. The van der Waals surface area contributed by atoms with Gasteiger partial charge in [0.05, 0.1) is 5.69 Å². The lowest BCUT2D eigenvalue weighted by molar-refractivity contribution is 1.30. The molecule has 0 aliphatic carbocycles. The third kappa shape index (κ3) is 2.79. The Morgan fingerprint density at radius 2 is 1.65 bits per heavy atom. The van der Waals surface area contributed by atoms with Gasteiger partial charge in [-0.15, -0.1) is 0 Å². The summed E-state index contributed by atoms with van der Waals surface area (Å²) >= 11 is 0. The minimum atomic E-state index is 0.267. The van der Waals surface area contributed by atoms with E-state index in [1.54, 1.807) is 0 Å². The number of aromatic nitrogens is 1. The summed E-state index contributed by atoms with van der Waals surface area (Å²) in [5.74, 6) is 0.267. The van der Waals surface area contributed by atoms with E-state index in [0.29, 0.717) is 5.56 Å². The average Bonchev–Trinajstić information content (AvgIpc) is 2.55. The predicted molar refractivity (Wildman–Crippen MR) is 93.7 cm³/mol. The summed E-state index contributed by atoms with van der Waals surface area (Å²) < 4.78 is 0. The van der Waals surface area contributed by atoms with Gasteiger partial charge in [-0.3, -0.25) is 0 Å². The third-order valence-corrected chi connectivity index (χ3v) is 3.94. The standard InChI is InChI=1S/C20H17N3/c1-13-7-9-15(10-8-13)19-11-17(18(12-21)20(22)23-19)16-6-4-3-5-14(16)2/h3-11H,1-2H3,(H2,22,23). The Hall–Kier alpha value is -3.12. The summed E-state index contributed by atoms with van der Waals surface area (Å²) in [7, 11) is 0. The van der Waals surface area contributed by atoms with Gasteiger partial charge in [-0.1, -0.05) is 54.1 Å². The molecular formula is C20H17N3. The van der Waals surface area contributed by atoms with E-state index in [4.69, 9.17) is 5.73 Å². The van der Waals surface area contributed by atoms with E-state index in [1.165, 1.54) is 5.56 Å². The molecule has 1 heterocycles. The second-order valence-corrected chi connectivity index (χ2v) is 5.61. The first-order chi connectivity index (χ1) is 11.1. The molecule has 112 valence electrons. The van der Waals surface area contributed by atoms with Gasteiger partial charge in [0.15, 0.2) is 0 Å². The van der Waals surface area contributed by atoms with Gasteiger partial charge in [-0.05, 0) is 31.0 Å². The number of rotatable bonds is 2. The van der Waals surface area contributed by atoms with Crippen LogP contribution in [0.4, 0.5) is 5.82 Å². The van der Waals surface area contributed by atoms with Crippen LogP contribution < -0.4 is 5.73 Å². The number of hydrogen-bond acceptors (Lipinski definition) is 3. The van der Waals surface area contributed by atoms with Crippen LogP contribution >= 0.6 is 0 Å². The summed E-state index contributed by atoms with van der Waals surface area (Å²) in [5.41, 5.74) is 12.4. The highest BCUT2D eigenvalue weighted by atomic mass is 14.8. The molecule has 3 nitrogen and oxygen atoms in total. The number of nitrogens with two attached hydrogens (primary N) is 1. The van der Waals surface area contributed by atoms with Gasteiger partial charge in [0, 0.05) is 11.1 Å². The van der Waals surface area contributed by atoms with Crippen LogP contribution in [0.5, 0.6) is 0 Å². The summed E-state index contributed by atoms with van der Waals surface area (Å²) in [4.78, 5) is 4.41. The lowest BCUT2D eigenvalue weighted by atomic mass is 9.95. The van der Waals surface area contributed by atoms with Crippen LogP contribution in [0.15, 0.2) is 54.6 Å². The number of nitrogens with zero attached hydrogens (tertiary/aromatic N) is 2. The van der Waals surface area contributed by atoms with Crippen molar-refractivity contribution in [3.63, 3.8) is 0 Å². The van der Waals surface area contributed by atoms with E-state index in [-0.39, 0.29) is 5.82 Å². The zero-order valence-electron chi connectivity index (χ0n) is 13.2. The van der Waals surface area contributed by atoms with E-state index >= 15 is 0 Å². The van der Waals surface area contributed by atoms with Gasteiger partial charge < -0.3 is 5.73 Å². The number of anilines is 1. The molecule has 0 saturated heterocycles. The molecule has 0 aliphatic rings. The summed E-state index contributed by atoms with van der Waals surface area (Å²) in [6.07, 6.45) is 0. The van der Waals surface area contributed by atoms with Crippen LogP contribution in [0.25, 0.3) is 22.4 Å². The minimum Gasteiger partial charge on any atom is -0.383 e. The number of nitrogen functional groups attached to an aromatic ring is 1. The molecule has 0 amide bonds. The molecule has 0 bridgehead atoms. The Kier molecular flexibility index (Phi) is 3.82. The largest absolute Gasteiger partial charge is 0.383 e. The van der Waals surface area contributed by atoms with E-state index in [2.05, 4.69) is 11.1 Å². The highest BCUT2D eigenvalue weighted by Gasteiger charge is 2.14. The highest BCUT2D eigenvalue weighted by Crippen LogP contribution is 2.32. The molecule has 0 spiro atoms. The number of benzene rings is 2. The van der Waals surface area contributed by atoms with Crippen LogP contribution in [-0.4, -0.2) is 4.98 Å². The second kappa shape index (κ2) is 5.94. The monoisotopic (exact) mass is 299 g/mol. The molecule has 3 heteroatoms. The van der Waals surface area contributed by atoms with Gasteiger partial charge in [-0.25, -0.2) is 4.98 Å². The van der Waals surface area contributed by atoms with Crippen molar-refractivity contribution in [1.29, 1.82) is 5.26 Å². The molecule has 0 saturated carbocycles. The Balaban J connectivity index is 2.25. The quantitative estimate of drug-likeness (QED) is 0.758. The van der Waals surface area contributed by atoms with E-state index < -0.39 is 0 Å². The van der Waals surface area contributed by atoms with Crippen molar-refractivity contribution in [3.05, 3.63) is 71.3 Å². The molecule has 23 heavy (non-hydrogen) atoms. The van der Waals surface area contributed by atoms with Crippen LogP contribution in [0.3, 0.4) is 0 Å². The summed E-state index contributed by atoms with van der Waals surface area (Å²) in [6.45, 7) is 4.07. The van der Waals surface area contributed by atoms with Crippen molar-refractivity contribution in [1.82, 2.24) is 4.98 Å². The lowest BCUT2D eigenvalue weighted by Gasteiger charge is -2.12. The predicted octanol–water partition coefficient (Wildman–Crippen LogP) is 4.49. The van der Waals surface area contributed by atoms with Crippen LogP contribution in [0.1, 0.15) is 16.7 Å². The third-order valence-electron chi connectivity index (χ3n) is 3.94. The molecule has 0 radical (unpaired) electrons. The fourth-order valence-electron chi connectivity index (χ4n) is 2.64. The lowest BCUT2D eigenvalue weighted by Crippen LogP contribution is -2.00. The van der Waals surface area contributed by atoms with Gasteiger partial charge in [0.2, 0.25) is 0 Å². The van der Waals surface area contributed by atoms with Crippen molar-refractivity contribution in [2.24, 2.45) is 0 Å². The number of hydrogen-bond donors (Lipinski definition) is 1. The molecule has 2 N–H and O–H groups in total. The van der Waals surface area contributed by atoms with Crippen molar-refractivity contribution >= 4 is 5.82 Å². The minimum absolute atomic E-state index is 0.267. The van der Waals surface area contributed by atoms with Crippen LogP contribution in [-0.2, 0) is 0 Å². The maximum absolute atomic E-state index is 9.48. The van der Waals surface area contributed by atoms with E-state index in [1.807, 2.05) is 68.4 Å². The van der Waals surface area contributed by atoms with E-state index in [9.17, 15) is 5.26 Å². The number of pyridine rings is 1. The molecule has 2 aromatic carbocycles. The average molecular weight is 299 g/mol. The molecule has 0 fully saturated rings. The smallest absolute Gasteiger partial charge is 0.142 e. The van der Waals surface area contributed by atoms with Gasteiger partial charge >= 0.3 is 0 Å². The SMILES string of the molecule is Cc1ccc(-c2cc(-c3ccccc3C)c(C#N)c(N)n2)cc1.